The number of phenolic OH excluding ortho intramolecular Hbond substituents is 1. The number of H-pyrrole nitrogens is 1. The van der Waals surface area contributed by atoms with E-state index in [0.29, 0.717) is 5.75 Å². The van der Waals surface area contributed by atoms with E-state index >= 15 is 0 Å². The first kappa shape index (κ1) is 18.5. The third kappa shape index (κ3) is 4.15. The van der Waals surface area contributed by atoms with Gasteiger partial charge in [0, 0.05) is 18.0 Å². The summed E-state index contributed by atoms with van der Waals surface area (Å²) in [4.78, 5) is 3.12. The number of nitrogens with one attached hydrogen (secondary N) is 1. The number of thioether (sulfide) groups is 1. The van der Waals surface area contributed by atoms with Crippen LogP contribution in [0.2, 0.25) is 0 Å². The van der Waals surface area contributed by atoms with Gasteiger partial charge < -0.3 is 10.1 Å². The lowest BCUT2D eigenvalue weighted by atomic mass is 9.78. The van der Waals surface area contributed by atoms with Crippen LogP contribution in [0.5, 0.6) is 5.75 Å². The zero-order chi connectivity index (χ0) is 18.1. The topological polar surface area (TPSA) is 59.8 Å². The highest BCUT2D eigenvalue weighted by Gasteiger charge is 2.26. The SMILES string of the molecule is CC(C)(C)c1cc(Cc2c[nH]c(SC#N)c2)cc(C(C)(C)C)c1O. The van der Waals surface area contributed by atoms with Crippen molar-refractivity contribution >= 4 is 11.8 Å². The number of aromatic nitrogens is 1. The van der Waals surface area contributed by atoms with Gasteiger partial charge in [-0.1, -0.05) is 53.7 Å². The molecule has 0 radical (unpaired) electrons. The molecule has 2 N–H and O–H groups in total. The summed E-state index contributed by atoms with van der Waals surface area (Å²) in [6, 6.07) is 6.22. The summed E-state index contributed by atoms with van der Waals surface area (Å²) in [6.45, 7) is 12.7. The van der Waals surface area contributed by atoms with Crippen LogP contribution in [0, 0.1) is 10.7 Å². The minimum Gasteiger partial charge on any atom is -0.507 e. The van der Waals surface area contributed by atoms with E-state index in [1.54, 1.807) is 0 Å². The molecule has 0 fully saturated rings. The Bertz CT molecular complexity index is 735. The highest BCUT2D eigenvalue weighted by molar-refractivity contribution is 8.03. The van der Waals surface area contributed by atoms with E-state index in [-0.39, 0.29) is 10.8 Å². The van der Waals surface area contributed by atoms with E-state index in [2.05, 4.69) is 64.1 Å². The van der Waals surface area contributed by atoms with Gasteiger partial charge in [-0.2, -0.15) is 5.26 Å². The molecule has 0 atom stereocenters. The molecular formula is C20H26N2OS. The molecule has 0 spiro atoms. The molecule has 0 amide bonds. The third-order valence-corrected chi connectivity index (χ3v) is 4.61. The second-order valence-corrected chi connectivity index (χ2v) is 9.11. The van der Waals surface area contributed by atoms with Crippen molar-refractivity contribution in [2.45, 2.75) is 63.8 Å². The van der Waals surface area contributed by atoms with Crippen LogP contribution < -0.4 is 0 Å². The molecule has 0 saturated carbocycles. The third-order valence-electron chi connectivity index (χ3n) is 4.07. The summed E-state index contributed by atoms with van der Waals surface area (Å²) in [5, 5.41) is 22.5. The Morgan fingerprint density at radius 1 is 1.00 bits per heavy atom. The first-order chi connectivity index (χ1) is 11.0. The van der Waals surface area contributed by atoms with Gasteiger partial charge >= 0.3 is 0 Å². The Morgan fingerprint density at radius 2 is 1.54 bits per heavy atom. The molecule has 24 heavy (non-hydrogen) atoms. The van der Waals surface area contributed by atoms with Crippen molar-refractivity contribution in [2.75, 3.05) is 0 Å². The highest BCUT2D eigenvalue weighted by Crippen LogP contribution is 2.40. The quantitative estimate of drug-likeness (QED) is 0.573. The first-order valence-corrected chi connectivity index (χ1v) is 8.94. The van der Waals surface area contributed by atoms with Crippen LogP contribution in [0.15, 0.2) is 29.4 Å². The predicted octanol–water partition coefficient (Wildman–Crippen LogP) is 5.48. The number of nitriles is 1. The predicted molar refractivity (Wildman–Crippen MR) is 101 cm³/mol. The fourth-order valence-electron chi connectivity index (χ4n) is 2.80. The largest absolute Gasteiger partial charge is 0.507 e. The van der Waals surface area contributed by atoms with Crippen LogP contribution >= 0.6 is 11.8 Å². The second-order valence-electron chi connectivity index (χ2n) is 8.28. The van der Waals surface area contributed by atoms with E-state index < -0.39 is 0 Å². The number of aromatic amines is 1. The molecule has 2 aromatic rings. The summed E-state index contributed by atoms with van der Waals surface area (Å²) in [5.74, 6) is 0.411. The van der Waals surface area contributed by atoms with Crippen molar-refractivity contribution in [3.8, 4) is 11.2 Å². The number of hydrogen-bond acceptors (Lipinski definition) is 3. The highest BCUT2D eigenvalue weighted by atomic mass is 32.2. The van der Waals surface area contributed by atoms with Crippen LogP contribution in [-0.2, 0) is 17.3 Å². The van der Waals surface area contributed by atoms with E-state index in [9.17, 15) is 5.11 Å². The Balaban J connectivity index is 2.47. The molecule has 0 unspecified atom stereocenters. The van der Waals surface area contributed by atoms with Crippen molar-refractivity contribution in [1.82, 2.24) is 4.98 Å². The number of thiocyanates is 1. The van der Waals surface area contributed by atoms with Crippen LogP contribution in [0.1, 0.15) is 63.8 Å². The summed E-state index contributed by atoms with van der Waals surface area (Å²) in [6.07, 6.45) is 2.72. The monoisotopic (exact) mass is 342 g/mol. The molecule has 0 aliphatic heterocycles. The number of phenols is 1. The van der Waals surface area contributed by atoms with Gasteiger partial charge in [-0.25, -0.2) is 0 Å². The number of nitrogens with zero attached hydrogens (tertiary/aromatic N) is 1. The van der Waals surface area contributed by atoms with Gasteiger partial charge in [-0.15, -0.1) is 0 Å². The van der Waals surface area contributed by atoms with Gasteiger partial charge in [0.05, 0.1) is 5.03 Å². The molecule has 0 saturated heterocycles. The first-order valence-electron chi connectivity index (χ1n) is 8.12. The van der Waals surface area contributed by atoms with Gasteiger partial charge in [-0.3, -0.25) is 0 Å². The van der Waals surface area contributed by atoms with Crippen molar-refractivity contribution in [3.05, 3.63) is 46.6 Å². The Morgan fingerprint density at radius 3 is 2.00 bits per heavy atom. The minimum atomic E-state index is -0.125. The Hall–Kier alpha value is -1.86. The zero-order valence-electron chi connectivity index (χ0n) is 15.3. The maximum atomic E-state index is 10.8. The normalized spacial score (nSPS) is 12.2. The van der Waals surface area contributed by atoms with Crippen LogP contribution in [0.25, 0.3) is 0 Å². The van der Waals surface area contributed by atoms with E-state index in [0.717, 1.165) is 39.9 Å². The number of benzene rings is 1. The summed E-state index contributed by atoms with van der Waals surface area (Å²) < 4.78 is 0. The maximum absolute atomic E-state index is 10.8. The van der Waals surface area contributed by atoms with Crippen molar-refractivity contribution in [2.24, 2.45) is 0 Å². The fraction of sp³-hybridized carbons (Fsp3) is 0.450. The minimum absolute atomic E-state index is 0.125. The summed E-state index contributed by atoms with van der Waals surface area (Å²) in [5.41, 5.74) is 4.02. The van der Waals surface area contributed by atoms with Gasteiger partial charge in [0.15, 0.2) is 0 Å². The average Bonchev–Trinajstić information content (AvgIpc) is 2.86. The second kappa shape index (κ2) is 6.57. The average molecular weight is 343 g/mol. The maximum Gasteiger partial charge on any atom is 0.140 e. The summed E-state index contributed by atoms with van der Waals surface area (Å²) >= 11 is 1.13. The number of hydrogen-bond donors (Lipinski definition) is 2. The molecule has 1 heterocycles. The van der Waals surface area contributed by atoms with Gasteiger partial charge in [-0.05, 0) is 45.6 Å². The lowest BCUT2D eigenvalue weighted by molar-refractivity contribution is 0.423. The van der Waals surface area contributed by atoms with E-state index in [1.165, 1.54) is 5.56 Å². The van der Waals surface area contributed by atoms with Crippen LogP contribution in [-0.4, -0.2) is 10.1 Å². The smallest absolute Gasteiger partial charge is 0.140 e. The molecule has 128 valence electrons. The van der Waals surface area contributed by atoms with Crippen molar-refractivity contribution < 1.29 is 5.11 Å². The Kier molecular flexibility index (Phi) is 5.05. The van der Waals surface area contributed by atoms with E-state index in [4.69, 9.17) is 5.26 Å². The molecule has 4 heteroatoms. The standard InChI is InChI=1S/C20H26N2OS/c1-19(2,3)15-8-13(9-16(18(15)23)20(4,5)6)7-14-10-17(22-11-14)24-12-21/h8-11,22-23H,7H2,1-6H3. The fourth-order valence-corrected chi connectivity index (χ4v) is 3.23. The molecule has 3 nitrogen and oxygen atoms in total. The van der Waals surface area contributed by atoms with Gasteiger partial charge in [0.25, 0.3) is 0 Å². The van der Waals surface area contributed by atoms with Crippen LogP contribution in [0.3, 0.4) is 0 Å². The number of aromatic hydroxyl groups is 1. The zero-order valence-corrected chi connectivity index (χ0v) is 16.1. The molecule has 2 rings (SSSR count). The van der Waals surface area contributed by atoms with E-state index in [1.807, 2.05) is 12.3 Å². The summed E-state index contributed by atoms with van der Waals surface area (Å²) in [7, 11) is 0. The molecular weight excluding hydrogens is 316 g/mol. The molecule has 1 aromatic heterocycles. The lowest BCUT2D eigenvalue weighted by Crippen LogP contribution is -2.18. The van der Waals surface area contributed by atoms with Crippen LogP contribution in [0.4, 0.5) is 0 Å². The Labute approximate surface area is 149 Å². The molecule has 0 aliphatic carbocycles. The van der Waals surface area contributed by atoms with Crippen molar-refractivity contribution in [3.63, 3.8) is 0 Å². The lowest BCUT2D eigenvalue weighted by Gasteiger charge is -2.28. The van der Waals surface area contributed by atoms with Gasteiger partial charge in [0.2, 0.25) is 0 Å². The van der Waals surface area contributed by atoms with Gasteiger partial charge in [0.1, 0.15) is 11.2 Å². The van der Waals surface area contributed by atoms with Crippen molar-refractivity contribution in [1.29, 1.82) is 5.26 Å². The molecule has 0 aliphatic rings. The molecule has 0 bridgehead atoms. The number of rotatable bonds is 3. The molecule has 1 aromatic carbocycles.